The molecule has 1 aliphatic heterocycles. The number of carbonyl (C=O) groups is 3. The Morgan fingerprint density at radius 1 is 1.00 bits per heavy atom. The van der Waals surface area contributed by atoms with E-state index in [1.807, 2.05) is 6.07 Å². The maximum atomic E-state index is 12.5. The molecule has 0 bridgehead atoms. The summed E-state index contributed by atoms with van der Waals surface area (Å²) in [5.41, 5.74) is 1.46. The summed E-state index contributed by atoms with van der Waals surface area (Å²) >= 11 is 3.30. The summed E-state index contributed by atoms with van der Waals surface area (Å²) in [6.07, 6.45) is 0. The molecule has 146 valence electrons. The van der Waals surface area contributed by atoms with Crippen LogP contribution in [0.2, 0.25) is 0 Å². The van der Waals surface area contributed by atoms with Crippen LogP contribution in [0.4, 0.5) is 5.69 Å². The average Bonchev–Trinajstić information content (AvgIpc) is 2.72. The van der Waals surface area contributed by atoms with E-state index in [-0.39, 0.29) is 24.3 Å². The molecule has 0 atom stereocenters. The molecule has 7 nitrogen and oxygen atoms in total. The van der Waals surface area contributed by atoms with Crippen molar-refractivity contribution in [3.05, 3.63) is 64.1 Å². The largest absolute Gasteiger partial charge is 0.378 e. The van der Waals surface area contributed by atoms with Gasteiger partial charge in [-0.25, -0.2) is 0 Å². The van der Waals surface area contributed by atoms with Gasteiger partial charge in [-0.3, -0.25) is 14.4 Å². The van der Waals surface area contributed by atoms with E-state index < -0.39 is 0 Å². The standard InChI is InChI=1S/C20H20BrN3O4/c21-16-5-1-3-14(11-16)19(26)22-13-18(25)23-17-6-2-4-15(12-17)20(27)24-7-9-28-10-8-24/h1-6,11-12H,7-10,13H2,(H,22,26)(H,23,25). The molecule has 0 saturated carbocycles. The van der Waals surface area contributed by atoms with Crippen molar-refractivity contribution >= 4 is 39.3 Å². The van der Waals surface area contributed by atoms with Gasteiger partial charge in [0.15, 0.2) is 0 Å². The first-order chi connectivity index (χ1) is 13.5. The van der Waals surface area contributed by atoms with Crippen molar-refractivity contribution in [1.29, 1.82) is 0 Å². The number of amides is 3. The number of carbonyl (C=O) groups excluding carboxylic acids is 3. The summed E-state index contributed by atoms with van der Waals surface area (Å²) in [5.74, 6) is -0.811. The summed E-state index contributed by atoms with van der Waals surface area (Å²) in [7, 11) is 0. The van der Waals surface area contributed by atoms with Gasteiger partial charge >= 0.3 is 0 Å². The van der Waals surface area contributed by atoms with Crippen LogP contribution in [-0.2, 0) is 9.53 Å². The monoisotopic (exact) mass is 445 g/mol. The molecular weight excluding hydrogens is 426 g/mol. The highest BCUT2D eigenvalue weighted by atomic mass is 79.9. The smallest absolute Gasteiger partial charge is 0.254 e. The molecule has 2 aromatic rings. The molecule has 8 heteroatoms. The molecule has 1 aliphatic rings. The molecule has 0 unspecified atom stereocenters. The molecule has 2 N–H and O–H groups in total. The number of anilines is 1. The van der Waals surface area contributed by atoms with Crippen molar-refractivity contribution in [2.75, 3.05) is 38.2 Å². The number of rotatable bonds is 5. The molecule has 3 rings (SSSR count). The molecule has 1 heterocycles. The molecule has 0 aromatic heterocycles. The fourth-order valence-electron chi connectivity index (χ4n) is 2.78. The predicted octanol–water partition coefficient (Wildman–Crippen LogP) is 2.29. The molecule has 2 aromatic carbocycles. The Labute approximate surface area is 171 Å². The van der Waals surface area contributed by atoms with Crippen molar-refractivity contribution in [3.63, 3.8) is 0 Å². The van der Waals surface area contributed by atoms with Gasteiger partial charge in [0.25, 0.3) is 11.8 Å². The van der Waals surface area contributed by atoms with Crippen LogP contribution in [0.1, 0.15) is 20.7 Å². The maximum Gasteiger partial charge on any atom is 0.254 e. The van der Waals surface area contributed by atoms with Crippen LogP contribution < -0.4 is 10.6 Å². The Hall–Kier alpha value is -2.71. The van der Waals surface area contributed by atoms with Gasteiger partial charge in [-0.15, -0.1) is 0 Å². The van der Waals surface area contributed by atoms with Crippen molar-refractivity contribution in [1.82, 2.24) is 10.2 Å². The van der Waals surface area contributed by atoms with E-state index >= 15 is 0 Å². The summed E-state index contributed by atoms with van der Waals surface area (Å²) in [6, 6.07) is 13.7. The van der Waals surface area contributed by atoms with Crippen molar-refractivity contribution < 1.29 is 19.1 Å². The first-order valence-corrected chi connectivity index (χ1v) is 9.63. The SMILES string of the molecule is O=C(CNC(=O)c1cccc(Br)c1)Nc1cccc(C(=O)N2CCOCC2)c1. The van der Waals surface area contributed by atoms with Crippen LogP contribution in [0.15, 0.2) is 53.0 Å². The van der Waals surface area contributed by atoms with E-state index in [1.165, 1.54) is 0 Å². The fourth-order valence-corrected chi connectivity index (χ4v) is 3.18. The molecule has 1 saturated heterocycles. The second kappa shape index (κ2) is 9.48. The maximum absolute atomic E-state index is 12.5. The van der Waals surface area contributed by atoms with Gasteiger partial charge in [0.1, 0.15) is 0 Å². The molecule has 3 amide bonds. The van der Waals surface area contributed by atoms with Crippen LogP contribution in [-0.4, -0.2) is 55.5 Å². The number of hydrogen-bond acceptors (Lipinski definition) is 4. The van der Waals surface area contributed by atoms with Crippen molar-refractivity contribution in [3.8, 4) is 0 Å². The van der Waals surface area contributed by atoms with Gasteiger partial charge in [-0.05, 0) is 36.4 Å². The third-order valence-corrected chi connectivity index (χ3v) is 4.68. The van der Waals surface area contributed by atoms with Gasteiger partial charge in [0, 0.05) is 34.4 Å². The zero-order valence-corrected chi connectivity index (χ0v) is 16.7. The van der Waals surface area contributed by atoms with Crippen molar-refractivity contribution in [2.45, 2.75) is 0 Å². The minimum absolute atomic E-state index is 0.0950. The minimum atomic E-state index is -0.376. The third kappa shape index (κ3) is 5.40. The zero-order chi connectivity index (χ0) is 19.9. The van der Waals surface area contributed by atoms with E-state index in [0.717, 1.165) is 4.47 Å². The topological polar surface area (TPSA) is 87.7 Å². The highest BCUT2D eigenvalue weighted by Gasteiger charge is 2.19. The Kier molecular flexibility index (Phi) is 6.78. The molecule has 28 heavy (non-hydrogen) atoms. The lowest BCUT2D eigenvalue weighted by molar-refractivity contribution is -0.115. The number of nitrogens with zero attached hydrogens (tertiary/aromatic N) is 1. The Bertz CT molecular complexity index is 881. The highest BCUT2D eigenvalue weighted by Crippen LogP contribution is 2.14. The van der Waals surface area contributed by atoms with E-state index in [1.54, 1.807) is 47.4 Å². The lowest BCUT2D eigenvalue weighted by Gasteiger charge is -2.27. The highest BCUT2D eigenvalue weighted by molar-refractivity contribution is 9.10. The van der Waals surface area contributed by atoms with Crippen LogP contribution in [0.3, 0.4) is 0 Å². The third-order valence-electron chi connectivity index (χ3n) is 4.19. The first kappa shape index (κ1) is 20.0. The second-order valence-electron chi connectivity index (χ2n) is 6.23. The van der Waals surface area contributed by atoms with Gasteiger partial charge in [0.05, 0.1) is 19.8 Å². The Balaban J connectivity index is 1.55. The normalized spacial score (nSPS) is 13.7. The van der Waals surface area contributed by atoms with E-state index in [2.05, 4.69) is 26.6 Å². The van der Waals surface area contributed by atoms with Gasteiger partial charge in [0.2, 0.25) is 5.91 Å². The number of halogens is 1. The summed E-state index contributed by atoms with van der Waals surface area (Å²) in [6.45, 7) is 1.99. The van der Waals surface area contributed by atoms with Crippen LogP contribution in [0.5, 0.6) is 0 Å². The lowest BCUT2D eigenvalue weighted by atomic mass is 10.1. The minimum Gasteiger partial charge on any atom is -0.378 e. The lowest BCUT2D eigenvalue weighted by Crippen LogP contribution is -2.40. The quantitative estimate of drug-likeness (QED) is 0.738. The Morgan fingerprint density at radius 2 is 1.71 bits per heavy atom. The fraction of sp³-hybridized carbons (Fsp3) is 0.250. The van der Waals surface area contributed by atoms with Gasteiger partial charge in [-0.1, -0.05) is 28.1 Å². The number of morpholine rings is 1. The molecule has 0 aliphatic carbocycles. The van der Waals surface area contributed by atoms with Crippen molar-refractivity contribution in [2.24, 2.45) is 0 Å². The molecule has 0 radical (unpaired) electrons. The van der Waals surface area contributed by atoms with Crippen LogP contribution in [0, 0.1) is 0 Å². The average molecular weight is 446 g/mol. The molecule has 1 fully saturated rings. The van der Waals surface area contributed by atoms with Crippen LogP contribution in [0.25, 0.3) is 0 Å². The number of nitrogens with one attached hydrogen (secondary N) is 2. The summed E-state index contributed by atoms with van der Waals surface area (Å²) in [5, 5.41) is 5.27. The second-order valence-corrected chi connectivity index (χ2v) is 7.14. The zero-order valence-electron chi connectivity index (χ0n) is 15.1. The van der Waals surface area contributed by atoms with Crippen LogP contribution >= 0.6 is 15.9 Å². The number of benzene rings is 2. The summed E-state index contributed by atoms with van der Waals surface area (Å²) < 4.78 is 6.04. The number of hydrogen-bond donors (Lipinski definition) is 2. The Morgan fingerprint density at radius 3 is 2.46 bits per heavy atom. The van der Waals surface area contributed by atoms with Gasteiger partial charge < -0.3 is 20.3 Å². The predicted molar refractivity (Wildman–Crippen MR) is 108 cm³/mol. The van der Waals surface area contributed by atoms with E-state index in [9.17, 15) is 14.4 Å². The summed E-state index contributed by atoms with van der Waals surface area (Å²) in [4.78, 5) is 38.5. The molecular formula is C20H20BrN3O4. The number of ether oxygens (including phenoxy) is 1. The van der Waals surface area contributed by atoms with E-state index in [0.29, 0.717) is 43.1 Å². The first-order valence-electron chi connectivity index (χ1n) is 8.83. The van der Waals surface area contributed by atoms with E-state index in [4.69, 9.17) is 4.74 Å². The van der Waals surface area contributed by atoms with Gasteiger partial charge in [-0.2, -0.15) is 0 Å². The molecule has 0 spiro atoms.